The Bertz CT molecular complexity index is 1120. The van der Waals surface area contributed by atoms with Crippen LogP contribution in [-0.4, -0.2) is 17.1 Å². The minimum Gasteiger partial charge on any atom is -0.479 e. The van der Waals surface area contributed by atoms with Gasteiger partial charge in [-0.05, 0) is 72.8 Å². The van der Waals surface area contributed by atoms with Gasteiger partial charge in [-0.15, -0.1) is 0 Å². The summed E-state index contributed by atoms with van der Waals surface area (Å²) in [4.78, 5) is 12.5. The van der Waals surface area contributed by atoms with Crippen molar-refractivity contribution in [3.63, 3.8) is 0 Å². The number of halogens is 2. The molecule has 0 fully saturated rings. The minimum absolute atomic E-state index is 0.214. The van der Waals surface area contributed by atoms with Gasteiger partial charge in [0.25, 0.3) is 5.91 Å². The van der Waals surface area contributed by atoms with E-state index in [1.165, 1.54) is 16.5 Å². The maximum absolute atomic E-state index is 12.5. The number of anilines is 1. The van der Waals surface area contributed by atoms with E-state index < -0.39 is 6.10 Å². The quantitative estimate of drug-likeness (QED) is 0.519. The number of aryl methyl sites for hydroxylation is 2. The van der Waals surface area contributed by atoms with Crippen LogP contribution in [-0.2, 0) is 17.6 Å². The number of hydrogen-bond acceptors (Lipinski definition) is 3. The number of carbonyl (C=O) groups excluding carboxylic acids is 1. The van der Waals surface area contributed by atoms with E-state index in [-0.39, 0.29) is 11.0 Å². The summed E-state index contributed by atoms with van der Waals surface area (Å²) in [6, 6.07) is 15.2. The summed E-state index contributed by atoms with van der Waals surface area (Å²) in [6.07, 6.45) is 1.32. The van der Waals surface area contributed by atoms with Crippen LogP contribution in [0.15, 0.2) is 48.5 Å². The van der Waals surface area contributed by atoms with Crippen LogP contribution < -0.4 is 15.4 Å². The van der Waals surface area contributed by atoms with Crippen LogP contribution in [0.25, 0.3) is 10.8 Å². The summed E-state index contributed by atoms with van der Waals surface area (Å²) < 4.78 is 5.63. The summed E-state index contributed by atoms with van der Waals surface area (Å²) in [7, 11) is 0. The third-order valence-electron chi connectivity index (χ3n) is 4.93. The molecule has 0 radical (unpaired) electrons. The molecule has 4 nitrogen and oxygen atoms in total. The number of ether oxygens (including phenoxy) is 1. The molecule has 0 bridgehead atoms. The topological polar surface area (TPSA) is 50.4 Å². The van der Waals surface area contributed by atoms with Crippen molar-refractivity contribution in [3.8, 4) is 5.75 Å². The van der Waals surface area contributed by atoms with E-state index in [9.17, 15) is 4.79 Å². The first-order chi connectivity index (χ1) is 13.9. The molecule has 1 amide bonds. The fraction of sp³-hybridized carbons (Fsp3) is 0.182. The molecule has 1 aliphatic rings. The molecule has 0 heterocycles. The predicted octanol–water partition coefficient (Wildman–Crippen LogP) is 5.53. The Morgan fingerprint density at radius 3 is 2.62 bits per heavy atom. The molecule has 148 valence electrons. The average molecular weight is 445 g/mol. The highest BCUT2D eigenvalue weighted by Crippen LogP contribution is 2.35. The van der Waals surface area contributed by atoms with Gasteiger partial charge in [0.1, 0.15) is 5.75 Å². The van der Waals surface area contributed by atoms with E-state index in [1.807, 2.05) is 12.1 Å². The molecule has 2 N–H and O–H groups in total. The molecule has 1 aliphatic carbocycles. The number of nitrogens with one attached hydrogen (secondary N) is 2. The normalized spacial score (nSPS) is 13.2. The number of rotatable bonds is 4. The summed E-state index contributed by atoms with van der Waals surface area (Å²) in [5, 5.41) is 9.24. The molecule has 1 unspecified atom stereocenters. The van der Waals surface area contributed by atoms with Crippen molar-refractivity contribution in [1.82, 2.24) is 5.32 Å². The molecule has 0 saturated heterocycles. The largest absolute Gasteiger partial charge is 0.479 e. The Morgan fingerprint density at radius 2 is 1.86 bits per heavy atom. The summed E-state index contributed by atoms with van der Waals surface area (Å²) in [5.41, 5.74) is 3.56. The Morgan fingerprint density at radius 1 is 1.10 bits per heavy atom. The second kappa shape index (κ2) is 8.19. The Hall–Kier alpha value is -2.34. The monoisotopic (exact) mass is 444 g/mol. The summed E-state index contributed by atoms with van der Waals surface area (Å²) in [5.74, 6) is 0.00421. The summed E-state index contributed by atoms with van der Waals surface area (Å²) in [6.45, 7) is 1.63. The lowest BCUT2D eigenvalue weighted by Crippen LogP contribution is -2.42. The van der Waals surface area contributed by atoms with Crippen molar-refractivity contribution < 1.29 is 9.53 Å². The van der Waals surface area contributed by atoms with E-state index in [4.69, 9.17) is 40.2 Å². The smallest absolute Gasteiger partial charge is 0.266 e. The number of benzene rings is 3. The highest BCUT2D eigenvalue weighted by atomic mass is 35.5. The van der Waals surface area contributed by atoms with Crippen LogP contribution in [0.3, 0.4) is 0 Å². The molecule has 29 heavy (non-hydrogen) atoms. The molecule has 7 heteroatoms. The highest BCUT2D eigenvalue weighted by Gasteiger charge is 2.19. The first-order valence-electron chi connectivity index (χ1n) is 9.19. The molecule has 1 atom stereocenters. The first kappa shape index (κ1) is 20.0. The van der Waals surface area contributed by atoms with Crippen molar-refractivity contribution in [1.29, 1.82) is 0 Å². The SMILES string of the molecule is CC(Oc1ccc(Cl)cc1Cl)C(=O)NC(=S)Nc1ccc2c3c(cccc13)CC2. The van der Waals surface area contributed by atoms with E-state index >= 15 is 0 Å². The van der Waals surface area contributed by atoms with Crippen LogP contribution in [0.4, 0.5) is 5.69 Å². The van der Waals surface area contributed by atoms with Gasteiger partial charge in [0, 0.05) is 16.1 Å². The molecule has 0 spiro atoms. The molecule has 4 rings (SSSR count). The van der Waals surface area contributed by atoms with Gasteiger partial charge in [0.15, 0.2) is 11.2 Å². The zero-order valence-corrected chi connectivity index (χ0v) is 17.9. The van der Waals surface area contributed by atoms with Crippen LogP contribution in [0.5, 0.6) is 5.75 Å². The van der Waals surface area contributed by atoms with Crippen LogP contribution in [0.1, 0.15) is 18.1 Å². The summed E-state index contributed by atoms with van der Waals surface area (Å²) >= 11 is 17.3. The van der Waals surface area contributed by atoms with Gasteiger partial charge in [-0.3, -0.25) is 10.1 Å². The fourth-order valence-corrected chi connectivity index (χ4v) is 4.20. The van der Waals surface area contributed by atoms with Gasteiger partial charge in [-0.2, -0.15) is 0 Å². The molecule has 3 aromatic carbocycles. The van der Waals surface area contributed by atoms with Gasteiger partial charge in [-0.25, -0.2) is 0 Å². The molecule has 0 saturated carbocycles. The van der Waals surface area contributed by atoms with Crippen molar-refractivity contribution in [2.24, 2.45) is 0 Å². The van der Waals surface area contributed by atoms with E-state index in [0.717, 1.165) is 23.9 Å². The van der Waals surface area contributed by atoms with E-state index in [1.54, 1.807) is 25.1 Å². The van der Waals surface area contributed by atoms with Crippen molar-refractivity contribution in [3.05, 3.63) is 69.7 Å². The van der Waals surface area contributed by atoms with Gasteiger partial charge in [-0.1, -0.05) is 47.5 Å². The number of thiocarbonyl (C=S) groups is 1. The fourth-order valence-electron chi connectivity index (χ4n) is 3.54. The third-order valence-corrected chi connectivity index (χ3v) is 5.66. The maximum Gasteiger partial charge on any atom is 0.266 e. The standard InChI is InChI=1S/C22H18Cl2N2O2S/c1-12(28-19-10-8-15(23)11-17(19)24)21(27)26-22(29)25-18-9-7-14-6-5-13-3-2-4-16(18)20(13)14/h2-4,7-12H,5-6H2,1H3,(H2,25,26,27,29). The van der Waals surface area contributed by atoms with Gasteiger partial charge in [0.2, 0.25) is 0 Å². The first-order valence-corrected chi connectivity index (χ1v) is 10.4. The minimum atomic E-state index is -0.791. The predicted molar refractivity (Wildman–Crippen MR) is 122 cm³/mol. The average Bonchev–Trinajstić information content (AvgIpc) is 3.11. The third kappa shape index (κ3) is 4.17. The number of carbonyl (C=O) groups is 1. The van der Waals surface area contributed by atoms with Gasteiger partial charge < -0.3 is 10.1 Å². The van der Waals surface area contributed by atoms with Crippen LogP contribution in [0, 0.1) is 0 Å². The highest BCUT2D eigenvalue weighted by molar-refractivity contribution is 7.80. The maximum atomic E-state index is 12.5. The Balaban J connectivity index is 1.43. The molecule has 0 aliphatic heterocycles. The lowest BCUT2D eigenvalue weighted by molar-refractivity contribution is -0.125. The molecular formula is C22H18Cl2N2O2S. The lowest BCUT2D eigenvalue weighted by atomic mass is 10.0. The van der Waals surface area contributed by atoms with Gasteiger partial charge >= 0.3 is 0 Å². The zero-order chi connectivity index (χ0) is 20.5. The number of hydrogen-bond donors (Lipinski definition) is 2. The van der Waals surface area contributed by atoms with Crippen LogP contribution in [0.2, 0.25) is 10.0 Å². The van der Waals surface area contributed by atoms with Crippen molar-refractivity contribution >= 4 is 62.9 Å². The molecule has 3 aromatic rings. The second-order valence-electron chi connectivity index (χ2n) is 6.89. The zero-order valence-electron chi connectivity index (χ0n) is 15.6. The molecular weight excluding hydrogens is 427 g/mol. The molecule has 0 aromatic heterocycles. The van der Waals surface area contributed by atoms with Crippen molar-refractivity contribution in [2.45, 2.75) is 25.9 Å². The number of amides is 1. The van der Waals surface area contributed by atoms with E-state index in [2.05, 4.69) is 28.8 Å². The lowest BCUT2D eigenvalue weighted by Gasteiger charge is -2.17. The second-order valence-corrected chi connectivity index (χ2v) is 8.14. The van der Waals surface area contributed by atoms with Crippen molar-refractivity contribution in [2.75, 3.05) is 5.32 Å². The van der Waals surface area contributed by atoms with Crippen LogP contribution >= 0.6 is 35.4 Å². The Labute approximate surface area is 184 Å². The Kier molecular flexibility index (Phi) is 5.63. The van der Waals surface area contributed by atoms with Gasteiger partial charge in [0.05, 0.1) is 5.02 Å². The van der Waals surface area contributed by atoms with E-state index in [0.29, 0.717) is 15.8 Å².